The average Bonchev–Trinajstić information content (AvgIpc) is 3.07. The van der Waals surface area contributed by atoms with E-state index < -0.39 is 5.91 Å². The van der Waals surface area contributed by atoms with Crippen molar-refractivity contribution in [1.82, 2.24) is 10.6 Å². The molecule has 0 spiro atoms. The first-order valence-corrected chi connectivity index (χ1v) is 9.89. The van der Waals surface area contributed by atoms with Crippen LogP contribution < -0.4 is 21.1 Å². The number of thioether (sulfide) groups is 1. The summed E-state index contributed by atoms with van der Waals surface area (Å²) in [6, 6.07) is 8.21. The Labute approximate surface area is 154 Å². The zero-order valence-electron chi connectivity index (χ0n) is 15.0. The van der Waals surface area contributed by atoms with Crippen LogP contribution in [0.4, 0.5) is 0 Å². The van der Waals surface area contributed by atoms with Gasteiger partial charge in [-0.1, -0.05) is 12.1 Å². The maximum absolute atomic E-state index is 10.7. The van der Waals surface area contributed by atoms with E-state index in [4.69, 9.17) is 10.5 Å². The molecule has 1 aromatic rings. The van der Waals surface area contributed by atoms with Gasteiger partial charge in [0.25, 0.3) is 5.91 Å². The summed E-state index contributed by atoms with van der Waals surface area (Å²) in [7, 11) is 1.81. The topological polar surface area (TPSA) is 88.7 Å². The molecule has 1 fully saturated rings. The molecule has 4 N–H and O–H groups in total. The second-order valence-electron chi connectivity index (χ2n) is 6.16. The Kier molecular flexibility index (Phi) is 7.91. The molecule has 1 amide bonds. The fourth-order valence-electron chi connectivity index (χ4n) is 2.91. The molecule has 0 aliphatic heterocycles. The number of nitrogens with one attached hydrogen (secondary N) is 2. The highest BCUT2D eigenvalue weighted by molar-refractivity contribution is 7.99. The van der Waals surface area contributed by atoms with E-state index in [1.54, 1.807) is 7.05 Å². The minimum atomic E-state index is -0.474. The van der Waals surface area contributed by atoms with Crippen molar-refractivity contribution in [1.29, 1.82) is 0 Å². The number of ether oxygens (including phenoxy) is 1. The van der Waals surface area contributed by atoms with Crippen molar-refractivity contribution in [2.24, 2.45) is 10.7 Å². The summed E-state index contributed by atoms with van der Waals surface area (Å²) in [5.74, 6) is 1.05. The highest BCUT2D eigenvalue weighted by Gasteiger charge is 2.24. The van der Waals surface area contributed by atoms with E-state index in [0.717, 1.165) is 24.2 Å². The fourth-order valence-corrected chi connectivity index (χ4v) is 3.70. The van der Waals surface area contributed by atoms with Crippen LogP contribution in [-0.4, -0.2) is 49.6 Å². The van der Waals surface area contributed by atoms with Crippen molar-refractivity contribution < 1.29 is 9.53 Å². The Morgan fingerprint density at radius 2 is 2.12 bits per heavy atom. The molecule has 1 aliphatic rings. The molecule has 6 nitrogen and oxygen atoms in total. The van der Waals surface area contributed by atoms with Crippen LogP contribution in [0.1, 0.15) is 24.8 Å². The zero-order valence-corrected chi connectivity index (χ0v) is 15.8. The molecule has 0 bridgehead atoms. The van der Waals surface area contributed by atoms with Crippen LogP contribution in [-0.2, 0) is 11.2 Å². The molecule has 1 aliphatic carbocycles. The molecular formula is C18H28N4O2S. The highest BCUT2D eigenvalue weighted by atomic mass is 32.2. The van der Waals surface area contributed by atoms with Crippen LogP contribution >= 0.6 is 11.8 Å². The van der Waals surface area contributed by atoms with Crippen molar-refractivity contribution in [3.05, 3.63) is 29.8 Å². The van der Waals surface area contributed by atoms with E-state index in [9.17, 15) is 4.79 Å². The Morgan fingerprint density at radius 3 is 2.72 bits per heavy atom. The number of nitrogens with zero attached hydrogens (tertiary/aromatic N) is 1. The predicted molar refractivity (Wildman–Crippen MR) is 104 cm³/mol. The average molecular weight is 365 g/mol. The van der Waals surface area contributed by atoms with Crippen molar-refractivity contribution in [2.45, 2.75) is 37.0 Å². The molecule has 2 rings (SSSR count). The van der Waals surface area contributed by atoms with Gasteiger partial charge in [-0.05, 0) is 49.6 Å². The fraction of sp³-hybridized carbons (Fsp3) is 0.556. The number of primary amides is 1. The van der Waals surface area contributed by atoms with Gasteiger partial charge in [-0.3, -0.25) is 9.79 Å². The Balaban J connectivity index is 1.70. The first-order valence-electron chi connectivity index (χ1n) is 8.60. The summed E-state index contributed by atoms with van der Waals surface area (Å²) in [6.45, 7) is 0.710. The van der Waals surface area contributed by atoms with Crippen LogP contribution in [0.25, 0.3) is 0 Å². The van der Waals surface area contributed by atoms with Gasteiger partial charge in [0.05, 0.1) is 0 Å². The number of amides is 1. The van der Waals surface area contributed by atoms with Crippen LogP contribution in [0.2, 0.25) is 0 Å². The lowest BCUT2D eigenvalue weighted by atomic mass is 10.1. The molecule has 1 aromatic carbocycles. The molecule has 138 valence electrons. The van der Waals surface area contributed by atoms with Gasteiger partial charge in [0.2, 0.25) is 0 Å². The van der Waals surface area contributed by atoms with Gasteiger partial charge in [-0.25, -0.2) is 0 Å². The van der Waals surface area contributed by atoms with Crippen molar-refractivity contribution in [3.63, 3.8) is 0 Å². The number of guanidine groups is 1. The summed E-state index contributed by atoms with van der Waals surface area (Å²) in [4.78, 5) is 15.0. The lowest BCUT2D eigenvalue weighted by Crippen LogP contribution is -2.43. The second kappa shape index (κ2) is 10.2. The van der Waals surface area contributed by atoms with Gasteiger partial charge in [-0.15, -0.1) is 0 Å². The normalized spacial score (nSPS) is 20.3. The van der Waals surface area contributed by atoms with Gasteiger partial charge >= 0.3 is 0 Å². The quantitative estimate of drug-likeness (QED) is 0.481. The second-order valence-corrected chi connectivity index (χ2v) is 7.30. The maximum Gasteiger partial charge on any atom is 0.255 e. The van der Waals surface area contributed by atoms with Crippen LogP contribution in [0.5, 0.6) is 5.75 Å². The molecular weight excluding hydrogens is 336 g/mol. The van der Waals surface area contributed by atoms with E-state index in [1.165, 1.54) is 24.8 Å². The van der Waals surface area contributed by atoms with Crippen molar-refractivity contribution in [2.75, 3.05) is 26.5 Å². The molecule has 0 saturated heterocycles. The number of hydrogen-bond donors (Lipinski definition) is 3. The largest absolute Gasteiger partial charge is 0.484 e. The monoisotopic (exact) mass is 364 g/mol. The Bertz CT molecular complexity index is 577. The third-order valence-corrected chi connectivity index (χ3v) is 5.39. The van der Waals surface area contributed by atoms with Gasteiger partial charge in [0, 0.05) is 24.9 Å². The zero-order chi connectivity index (χ0) is 18.1. The van der Waals surface area contributed by atoms with Gasteiger partial charge < -0.3 is 21.1 Å². The predicted octanol–water partition coefficient (Wildman–Crippen LogP) is 1.54. The van der Waals surface area contributed by atoms with Gasteiger partial charge in [0.15, 0.2) is 12.6 Å². The number of carbonyl (C=O) groups excluding carboxylic acids is 1. The molecule has 25 heavy (non-hydrogen) atoms. The Hall–Kier alpha value is -1.89. The van der Waals surface area contributed by atoms with Crippen LogP contribution in [0, 0.1) is 0 Å². The molecule has 0 radical (unpaired) electrons. The van der Waals surface area contributed by atoms with Crippen LogP contribution in [0.15, 0.2) is 29.3 Å². The first kappa shape index (κ1) is 19.4. The van der Waals surface area contributed by atoms with Crippen LogP contribution in [0.3, 0.4) is 0 Å². The minimum Gasteiger partial charge on any atom is -0.484 e. The summed E-state index contributed by atoms with van der Waals surface area (Å²) < 4.78 is 5.25. The molecule has 2 atom stereocenters. The van der Waals surface area contributed by atoms with Crippen molar-refractivity contribution in [3.8, 4) is 5.75 Å². The van der Waals surface area contributed by atoms with Gasteiger partial charge in [-0.2, -0.15) is 11.8 Å². The number of rotatable bonds is 8. The van der Waals surface area contributed by atoms with Gasteiger partial charge in [0.1, 0.15) is 5.75 Å². The number of hydrogen-bond acceptors (Lipinski definition) is 4. The number of benzene rings is 1. The van der Waals surface area contributed by atoms with E-state index in [2.05, 4.69) is 21.9 Å². The molecule has 0 heterocycles. The lowest BCUT2D eigenvalue weighted by Gasteiger charge is -2.17. The van der Waals surface area contributed by atoms with E-state index in [-0.39, 0.29) is 6.61 Å². The first-order chi connectivity index (χ1) is 12.1. The van der Waals surface area contributed by atoms with E-state index in [0.29, 0.717) is 11.8 Å². The SMILES string of the molecule is CN=C(NCCc1ccc(OCC(N)=O)cc1)NC1CCC(SC)C1. The third kappa shape index (κ3) is 6.86. The Morgan fingerprint density at radius 1 is 1.36 bits per heavy atom. The smallest absolute Gasteiger partial charge is 0.255 e. The van der Waals surface area contributed by atoms with E-state index in [1.807, 2.05) is 36.0 Å². The number of aliphatic imine (C=N–C) groups is 1. The number of carbonyl (C=O) groups is 1. The standard InChI is InChI=1S/C18H28N4O2S/c1-20-18(22-14-5-8-16(11-14)25-2)21-10-9-13-3-6-15(7-4-13)24-12-17(19)23/h3-4,6-7,14,16H,5,8-12H2,1-2H3,(H2,19,23)(H2,20,21,22). The van der Waals surface area contributed by atoms with E-state index >= 15 is 0 Å². The maximum atomic E-state index is 10.7. The highest BCUT2D eigenvalue weighted by Crippen LogP contribution is 2.27. The number of nitrogens with two attached hydrogens (primary N) is 1. The summed E-state index contributed by atoms with van der Waals surface area (Å²) in [6.07, 6.45) is 6.76. The minimum absolute atomic E-state index is 0.0958. The summed E-state index contributed by atoms with van der Waals surface area (Å²) in [5.41, 5.74) is 6.25. The molecule has 2 unspecified atom stereocenters. The molecule has 7 heteroatoms. The molecule has 0 aromatic heterocycles. The van der Waals surface area contributed by atoms with Crippen molar-refractivity contribution >= 4 is 23.6 Å². The lowest BCUT2D eigenvalue weighted by molar-refractivity contribution is -0.119. The molecule has 1 saturated carbocycles. The third-order valence-electron chi connectivity index (χ3n) is 4.29. The summed E-state index contributed by atoms with van der Waals surface area (Å²) in [5, 5.41) is 7.66. The summed E-state index contributed by atoms with van der Waals surface area (Å²) >= 11 is 1.96.